The van der Waals surface area contributed by atoms with Gasteiger partial charge in [-0.25, -0.2) is 14.7 Å². The van der Waals surface area contributed by atoms with Gasteiger partial charge in [0.15, 0.2) is 0 Å². The number of hydrogen-bond donors (Lipinski definition) is 0. The van der Waals surface area contributed by atoms with Gasteiger partial charge in [0.2, 0.25) is 8.32 Å². The smallest absolute Gasteiger partial charge is 0.238 e. The minimum absolute atomic E-state index is 0.0252. The van der Waals surface area contributed by atoms with Crippen LogP contribution < -0.4 is 0 Å². The van der Waals surface area contributed by atoms with Gasteiger partial charge < -0.3 is 0 Å². The molecule has 3 unspecified atom stereocenters. The fourth-order valence-electron chi connectivity index (χ4n) is 2.72. The van der Waals surface area contributed by atoms with Gasteiger partial charge in [-0.15, -0.1) is 0 Å². The Labute approximate surface area is 134 Å². The van der Waals surface area contributed by atoms with Crippen molar-refractivity contribution in [2.75, 3.05) is 0 Å². The molecule has 0 radical (unpaired) electrons. The largest absolute Gasteiger partial charge is 0.286 e. The minimum Gasteiger partial charge on any atom is -0.286 e. The molecule has 1 fully saturated rings. The van der Waals surface area contributed by atoms with Crippen LogP contribution in [0.2, 0.25) is 18.1 Å². The van der Waals surface area contributed by atoms with Crippen LogP contribution in [0.1, 0.15) is 45.8 Å². The van der Waals surface area contributed by atoms with Crippen molar-refractivity contribution < 1.29 is 19.2 Å². The van der Waals surface area contributed by atoms with Crippen LogP contribution in [0.15, 0.2) is 30.3 Å². The molecule has 1 aromatic rings. The Bertz CT molecular complexity index is 427. The summed E-state index contributed by atoms with van der Waals surface area (Å²) in [4.78, 5) is 16.6. The third-order valence-corrected chi connectivity index (χ3v) is 9.06. The van der Waals surface area contributed by atoms with E-state index in [1.165, 1.54) is 0 Å². The molecule has 1 aliphatic rings. The zero-order valence-electron chi connectivity index (χ0n) is 14.1. The molecule has 0 saturated carbocycles. The Hall–Kier alpha value is -0.723. The predicted molar refractivity (Wildman–Crippen MR) is 88.6 cm³/mol. The van der Waals surface area contributed by atoms with Gasteiger partial charge in [-0.05, 0) is 30.6 Å². The van der Waals surface area contributed by atoms with Crippen LogP contribution in [-0.4, -0.2) is 20.5 Å². The molecule has 4 nitrogen and oxygen atoms in total. The number of benzene rings is 1. The van der Waals surface area contributed by atoms with Crippen LogP contribution in [0, 0.1) is 0 Å². The van der Waals surface area contributed by atoms with Crippen LogP contribution in [0.3, 0.4) is 0 Å². The van der Waals surface area contributed by atoms with E-state index < -0.39 is 8.32 Å². The van der Waals surface area contributed by atoms with E-state index in [0.717, 1.165) is 30.1 Å². The highest BCUT2D eigenvalue weighted by Gasteiger charge is 2.36. The third-order valence-electron chi connectivity index (χ3n) is 4.75. The molecule has 1 aromatic carbocycles. The van der Waals surface area contributed by atoms with E-state index in [2.05, 4.69) is 32.9 Å². The van der Waals surface area contributed by atoms with E-state index in [0.29, 0.717) is 0 Å². The zero-order valence-corrected chi connectivity index (χ0v) is 15.1. The SMILES string of the molecule is CC[Si](CC)(CC)OOC(C)C1CC(c2ccccc2)OO1. The maximum Gasteiger partial charge on any atom is 0.238 e. The van der Waals surface area contributed by atoms with Crippen LogP contribution in [-0.2, 0) is 19.2 Å². The van der Waals surface area contributed by atoms with Gasteiger partial charge in [-0.1, -0.05) is 51.1 Å². The van der Waals surface area contributed by atoms with E-state index in [1.807, 2.05) is 25.1 Å². The molecule has 0 aromatic heterocycles. The molecule has 3 atom stereocenters. The van der Waals surface area contributed by atoms with Crippen molar-refractivity contribution in [3.63, 3.8) is 0 Å². The standard InChI is InChI=1S/C17H28O4Si/c1-5-22(6-2,7-3)21-18-14(4)16-13-17(20-19-16)15-11-9-8-10-12-15/h8-12,14,16-17H,5-7,13H2,1-4H3. The van der Waals surface area contributed by atoms with E-state index in [9.17, 15) is 0 Å². The summed E-state index contributed by atoms with van der Waals surface area (Å²) in [5.41, 5.74) is 1.14. The van der Waals surface area contributed by atoms with Crippen molar-refractivity contribution in [3.05, 3.63) is 35.9 Å². The molecule has 22 heavy (non-hydrogen) atoms. The van der Waals surface area contributed by atoms with Gasteiger partial charge in [0.25, 0.3) is 0 Å². The Morgan fingerprint density at radius 3 is 2.32 bits per heavy atom. The van der Waals surface area contributed by atoms with Crippen molar-refractivity contribution in [1.82, 2.24) is 0 Å². The average molecular weight is 324 g/mol. The van der Waals surface area contributed by atoms with E-state index in [-0.39, 0.29) is 18.3 Å². The van der Waals surface area contributed by atoms with Crippen LogP contribution in [0.5, 0.6) is 0 Å². The molecule has 0 spiro atoms. The fraction of sp³-hybridized carbons (Fsp3) is 0.647. The first-order chi connectivity index (χ1) is 10.6. The van der Waals surface area contributed by atoms with E-state index in [1.54, 1.807) is 0 Å². The lowest BCUT2D eigenvalue weighted by Crippen LogP contribution is -2.39. The maximum absolute atomic E-state index is 5.90. The molecule has 0 N–H and O–H groups in total. The number of rotatable bonds is 8. The molecule has 5 heteroatoms. The van der Waals surface area contributed by atoms with Gasteiger partial charge in [0.05, 0.1) is 0 Å². The van der Waals surface area contributed by atoms with Gasteiger partial charge in [-0.2, -0.15) is 0 Å². The Morgan fingerprint density at radius 1 is 1.09 bits per heavy atom. The van der Waals surface area contributed by atoms with E-state index >= 15 is 0 Å². The summed E-state index contributed by atoms with van der Waals surface area (Å²) in [7, 11) is -1.73. The first-order valence-electron chi connectivity index (χ1n) is 8.35. The summed E-state index contributed by atoms with van der Waals surface area (Å²) in [6.45, 7) is 8.55. The average Bonchev–Trinajstić information content (AvgIpc) is 3.07. The van der Waals surface area contributed by atoms with Gasteiger partial charge in [-0.3, -0.25) is 4.58 Å². The summed E-state index contributed by atoms with van der Waals surface area (Å²) < 4.78 is 5.90. The molecular formula is C17H28O4Si. The third kappa shape index (κ3) is 4.17. The Morgan fingerprint density at radius 2 is 1.73 bits per heavy atom. The van der Waals surface area contributed by atoms with Gasteiger partial charge in [0.1, 0.15) is 18.3 Å². The van der Waals surface area contributed by atoms with Crippen LogP contribution in [0.4, 0.5) is 0 Å². The highest BCUT2D eigenvalue weighted by molar-refractivity contribution is 6.73. The maximum atomic E-state index is 5.90. The van der Waals surface area contributed by atoms with Crippen molar-refractivity contribution >= 4 is 8.32 Å². The summed E-state index contributed by atoms with van der Waals surface area (Å²) in [5.74, 6) is 0. The van der Waals surface area contributed by atoms with Crippen LogP contribution in [0.25, 0.3) is 0 Å². The van der Waals surface area contributed by atoms with E-state index in [4.69, 9.17) is 19.2 Å². The second-order valence-corrected chi connectivity index (χ2v) is 10.6. The molecule has 1 heterocycles. The van der Waals surface area contributed by atoms with Crippen molar-refractivity contribution in [2.24, 2.45) is 0 Å². The summed E-state index contributed by atoms with van der Waals surface area (Å²) >= 11 is 0. The molecule has 1 aliphatic heterocycles. The lowest BCUT2D eigenvalue weighted by Gasteiger charge is -2.28. The predicted octanol–water partition coefficient (Wildman–Crippen LogP) is 4.79. The van der Waals surface area contributed by atoms with Crippen molar-refractivity contribution in [1.29, 1.82) is 0 Å². The molecule has 2 rings (SSSR count). The quantitative estimate of drug-likeness (QED) is 0.391. The summed E-state index contributed by atoms with van der Waals surface area (Å²) in [6, 6.07) is 13.4. The monoisotopic (exact) mass is 324 g/mol. The lowest BCUT2D eigenvalue weighted by molar-refractivity contribution is -0.341. The van der Waals surface area contributed by atoms with Crippen LogP contribution >= 0.6 is 0 Å². The molecule has 1 saturated heterocycles. The molecule has 0 amide bonds. The lowest BCUT2D eigenvalue weighted by atomic mass is 10.0. The first-order valence-corrected chi connectivity index (χ1v) is 10.9. The highest BCUT2D eigenvalue weighted by atomic mass is 28.4. The van der Waals surface area contributed by atoms with Gasteiger partial charge in [0, 0.05) is 6.42 Å². The topological polar surface area (TPSA) is 36.9 Å². The summed E-state index contributed by atoms with van der Waals surface area (Å²) in [5, 5.41) is 0. The Balaban J connectivity index is 1.85. The molecular weight excluding hydrogens is 296 g/mol. The molecule has 124 valence electrons. The minimum atomic E-state index is -1.73. The number of hydrogen-bond acceptors (Lipinski definition) is 4. The van der Waals surface area contributed by atoms with Crippen molar-refractivity contribution in [3.8, 4) is 0 Å². The fourth-order valence-corrected chi connectivity index (χ4v) is 4.93. The summed E-state index contributed by atoms with van der Waals surface area (Å²) in [6.07, 6.45) is 0.531. The highest BCUT2D eigenvalue weighted by Crippen LogP contribution is 2.33. The Kier molecular flexibility index (Phi) is 6.59. The first kappa shape index (κ1) is 17.6. The normalized spacial score (nSPS) is 23.6. The van der Waals surface area contributed by atoms with Crippen molar-refractivity contribution in [2.45, 2.75) is 70.6 Å². The molecule has 0 aliphatic carbocycles. The molecule has 0 bridgehead atoms. The second-order valence-electron chi connectivity index (χ2n) is 5.99. The second kappa shape index (κ2) is 8.22. The zero-order chi connectivity index (χ0) is 16.0. The van der Waals surface area contributed by atoms with Gasteiger partial charge >= 0.3 is 0 Å².